The quantitative estimate of drug-likeness (QED) is 0.853. The average Bonchev–Trinajstić information content (AvgIpc) is 2.36. The summed E-state index contributed by atoms with van der Waals surface area (Å²) in [4.78, 5) is 27.0. The number of rotatable bonds is 4. The second-order valence-electron chi connectivity index (χ2n) is 6.95. The third kappa shape index (κ3) is 4.47. The molecule has 1 heterocycles. The predicted molar refractivity (Wildman–Crippen MR) is 78.5 cm³/mol. The van der Waals surface area contributed by atoms with E-state index in [4.69, 9.17) is 5.11 Å². The van der Waals surface area contributed by atoms with E-state index in [1.165, 1.54) is 0 Å². The molecule has 0 saturated carbocycles. The fourth-order valence-electron chi connectivity index (χ4n) is 2.49. The van der Waals surface area contributed by atoms with Gasteiger partial charge in [0.25, 0.3) is 0 Å². The number of hydrogen-bond acceptors (Lipinski definition) is 3. The summed E-state index contributed by atoms with van der Waals surface area (Å²) >= 11 is 0. The lowest BCUT2D eigenvalue weighted by molar-refractivity contribution is -0.146. The number of nitrogens with zero attached hydrogens (tertiary/aromatic N) is 2. The summed E-state index contributed by atoms with van der Waals surface area (Å²) in [5.74, 6) is -0.923. The van der Waals surface area contributed by atoms with Gasteiger partial charge in [-0.3, -0.25) is 14.5 Å². The summed E-state index contributed by atoms with van der Waals surface area (Å²) in [6.45, 7) is 10.1. The highest BCUT2D eigenvalue weighted by Crippen LogP contribution is 2.23. The van der Waals surface area contributed by atoms with E-state index < -0.39 is 5.97 Å². The predicted octanol–water partition coefficient (Wildman–Crippen LogP) is 1.68. The van der Waals surface area contributed by atoms with Gasteiger partial charge in [0.05, 0.1) is 12.5 Å². The molecule has 0 bridgehead atoms. The van der Waals surface area contributed by atoms with Crippen LogP contribution in [-0.4, -0.2) is 59.5 Å². The highest BCUT2D eigenvalue weighted by atomic mass is 16.4. The van der Waals surface area contributed by atoms with Gasteiger partial charge in [0, 0.05) is 19.1 Å². The largest absolute Gasteiger partial charge is 0.481 e. The van der Waals surface area contributed by atoms with Gasteiger partial charge < -0.3 is 10.0 Å². The minimum absolute atomic E-state index is 0.104. The molecule has 1 atom stereocenters. The number of carboxylic acid groups (broad SMARTS) is 1. The zero-order chi connectivity index (χ0) is 15.5. The van der Waals surface area contributed by atoms with E-state index in [-0.39, 0.29) is 17.2 Å². The molecule has 20 heavy (non-hydrogen) atoms. The molecular weight excluding hydrogens is 256 g/mol. The van der Waals surface area contributed by atoms with Crippen LogP contribution >= 0.6 is 0 Å². The normalized spacial score (nSPS) is 19.2. The number of carboxylic acids is 1. The van der Waals surface area contributed by atoms with Gasteiger partial charge in [-0.05, 0) is 32.2 Å². The molecule has 0 spiro atoms. The summed E-state index contributed by atoms with van der Waals surface area (Å²) < 4.78 is 0. The molecule has 0 aromatic heterocycles. The molecule has 0 aromatic carbocycles. The van der Waals surface area contributed by atoms with Gasteiger partial charge >= 0.3 is 5.97 Å². The van der Waals surface area contributed by atoms with Crippen LogP contribution in [0.1, 0.15) is 40.5 Å². The number of likely N-dealkylation sites (tertiary alicyclic amines) is 1. The zero-order valence-corrected chi connectivity index (χ0v) is 13.3. The molecule has 0 aromatic rings. The van der Waals surface area contributed by atoms with Crippen molar-refractivity contribution in [2.45, 2.75) is 46.6 Å². The Balaban J connectivity index is 2.46. The number of amides is 1. The Kier molecular flexibility index (Phi) is 5.57. The van der Waals surface area contributed by atoms with Crippen LogP contribution in [-0.2, 0) is 9.59 Å². The van der Waals surface area contributed by atoms with Crippen molar-refractivity contribution >= 4 is 11.9 Å². The highest BCUT2D eigenvalue weighted by molar-refractivity contribution is 5.79. The Bertz CT molecular complexity index is 355. The van der Waals surface area contributed by atoms with Crippen molar-refractivity contribution in [1.82, 2.24) is 9.80 Å². The molecule has 1 aliphatic rings. The molecule has 1 saturated heterocycles. The first kappa shape index (κ1) is 17.0. The molecule has 116 valence electrons. The Labute approximate surface area is 121 Å². The van der Waals surface area contributed by atoms with Crippen molar-refractivity contribution in [3.8, 4) is 0 Å². The number of likely N-dealkylation sites (N-methyl/N-ethyl adjacent to an activating group) is 1. The van der Waals surface area contributed by atoms with Crippen LogP contribution in [0.4, 0.5) is 0 Å². The first-order valence-corrected chi connectivity index (χ1v) is 7.33. The van der Waals surface area contributed by atoms with Gasteiger partial charge in [0.15, 0.2) is 0 Å². The number of carbonyl (C=O) groups is 2. The zero-order valence-electron chi connectivity index (χ0n) is 13.3. The first-order chi connectivity index (χ1) is 9.12. The van der Waals surface area contributed by atoms with E-state index in [1.807, 2.05) is 7.05 Å². The fourth-order valence-corrected chi connectivity index (χ4v) is 2.49. The first-order valence-electron chi connectivity index (χ1n) is 7.33. The molecule has 0 radical (unpaired) electrons. The second-order valence-corrected chi connectivity index (χ2v) is 6.95. The van der Waals surface area contributed by atoms with E-state index in [2.05, 4.69) is 32.6 Å². The third-order valence-corrected chi connectivity index (χ3v) is 4.50. The number of piperidine rings is 1. The van der Waals surface area contributed by atoms with Gasteiger partial charge in [-0.1, -0.05) is 20.8 Å². The van der Waals surface area contributed by atoms with Crippen LogP contribution in [0, 0.1) is 11.3 Å². The molecule has 1 N–H and O–H groups in total. The van der Waals surface area contributed by atoms with Crippen molar-refractivity contribution in [2.24, 2.45) is 11.3 Å². The van der Waals surface area contributed by atoms with Crippen molar-refractivity contribution in [2.75, 3.05) is 26.7 Å². The second kappa shape index (κ2) is 6.57. The molecule has 0 aliphatic carbocycles. The molecule has 5 nitrogen and oxygen atoms in total. The van der Waals surface area contributed by atoms with Crippen molar-refractivity contribution < 1.29 is 14.7 Å². The Morgan fingerprint density at radius 3 is 2.20 bits per heavy atom. The summed E-state index contributed by atoms with van der Waals surface area (Å²) in [5.41, 5.74) is 0.130. The molecule has 1 amide bonds. The summed E-state index contributed by atoms with van der Waals surface area (Å²) in [5, 5.41) is 8.96. The Morgan fingerprint density at radius 1 is 1.30 bits per heavy atom. The van der Waals surface area contributed by atoms with Crippen LogP contribution in [0.15, 0.2) is 0 Å². The lowest BCUT2D eigenvalue weighted by Gasteiger charge is -2.37. The van der Waals surface area contributed by atoms with Crippen LogP contribution in [0.2, 0.25) is 0 Å². The third-order valence-electron chi connectivity index (χ3n) is 4.50. The van der Waals surface area contributed by atoms with Gasteiger partial charge in [-0.25, -0.2) is 0 Å². The topological polar surface area (TPSA) is 60.9 Å². The minimum Gasteiger partial charge on any atom is -0.481 e. The standard InChI is InChI=1S/C15H28N2O3/c1-11(15(2,3)4)16(5)10-13(18)17-8-6-12(7-9-17)14(19)20/h11-12H,6-10H2,1-5H3,(H,19,20). The monoisotopic (exact) mass is 284 g/mol. The van der Waals surface area contributed by atoms with E-state index in [0.717, 1.165) is 0 Å². The van der Waals surface area contributed by atoms with Gasteiger partial charge in [-0.15, -0.1) is 0 Å². The van der Waals surface area contributed by atoms with Crippen LogP contribution in [0.3, 0.4) is 0 Å². The summed E-state index contributed by atoms with van der Waals surface area (Å²) in [6.07, 6.45) is 1.14. The van der Waals surface area contributed by atoms with E-state index in [0.29, 0.717) is 38.5 Å². The van der Waals surface area contributed by atoms with E-state index in [9.17, 15) is 9.59 Å². The number of hydrogen-bond donors (Lipinski definition) is 1. The van der Waals surface area contributed by atoms with E-state index >= 15 is 0 Å². The molecule has 1 unspecified atom stereocenters. The van der Waals surface area contributed by atoms with Crippen LogP contribution in [0.5, 0.6) is 0 Å². The molecule has 1 fully saturated rings. The van der Waals surface area contributed by atoms with Crippen LogP contribution < -0.4 is 0 Å². The van der Waals surface area contributed by atoms with Gasteiger partial charge in [0.1, 0.15) is 0 Å². The maximum Gasteiger partial charge on any atom is 0.306 e. The minimum atomic E-state index is -0.740. The molecular formula is C15H28N2O3. The average molecular weight is 284 g/mol. The molecule has 1 rings (SSSR count). The number of aliphatic carboxylic acids is 1. The Hall–Kier alpha value is -1.10. The maximum absolute atomic E-state index is 12.3. The molecule has 5 heteroatoms. The van der Waals surface area contributed by atoms with Crippen molar-refractivity contribution in [3.05, 3.63) is 0 Å². The maximum atomic E-state index is 12.3. The Morgan fingerprint density at radius 2 is 1.80 bits per heavy atom. The SMILES string of the molecule is CC(N(C)CC(=O)N1CCC(C(=O)O)CC1)C(C)(C)C. The van der Waals surface area contributed by atoms with Crippen LogP contribution in [0.25, 0.3) is 0 Å². The van der Waals surface area contributed by atoms with Gasteiger partial charge in [-0.2, -0.15) is 0 Å². The van der Waals surface area contributed by atoms with Crippen molar-refractivity contribution in [3.63, 3.8) is 0 Å². The van der Waals surface area contributed by atoms with Gasteiger partial charge in [0.2, 0.25) is 5.91 Å². The smallest absolute Gasteiger partial charge is 0.306 e. The lowest BCUT2D eigenvalue weighted by atomic mass is 9.87. The van der Waals surface area contributed by atoms with Crippen molar-refractivity contribution in [1.29, 1.82) is 0 Å². The summed E-state index contributed by atoms with van der Waals surface area (Å²) in [7, 11) is 1.97. The van der Waals surface area contributed by atoms with E-state index in [1.54, 1.807) is 4.90 Å². The highest BCUT2D eigenvalue weighted by Gasteiger charge is 2.29. The number of carbonyl (C=O) groups excluding carboxylic acids is 1. The lowest BCUT2D eigenvalue weighted by Crippen LogP contribution is -2.48. The fraction of sp³-hybridized carbons (Fsp3) is 0.867. The molecule has 1 aliphatic heterocycles. The summed E-state index contributed by atoms with van der Waals surface area (Å²) in [6, 6.07) is 0.308.